The van der Waals surface area contributed by atoms with Crippen LogP contribution in [0.3, 0.4) is 0 Å². The number of benzene rings is 1. The molecule has 0 spiro atoms. The van der Waals surface area contributed by atoms with Crippen LogP contribution in [0.1, 0.15) is 24.4 Å². The molecule has 0 aliphatic carbocycles. The molecule has 1 atom stereocenters. The highest BCUT2D eigenvalue weighted by atomic mass is 19.4. The molecule has 1 aliphatic heterocycles. The van der Waals surface area contributed by atoms with Gasteiger partial charge in [0, 0.05) is 24.8 Å². The van der Waals surface area contributed by atoms with Crippen molar-refractivity contribution in [2.45, 2.75) is 25.2 Å². The summed E-state index contributed by atoms with van der Waals surface area (Å²) in [6.07, 6.45) is -3.34. The van der Waals surface area contributed by atoms with Crippen molar-refractivity contribution in [1.82, 2.24) is 0 Å². The fraction of sp³-hybridized carbons (Fsp3) is 0.538. The minimum Gasteiger partial charge on any atom is -0.508 e. The summed E-state index contributed by atoms with van der Waals surface area (Å²) in [5.41, 5.74) is 6.31. The lowest BCUT2D eigenvalue weighted by molar-refractivity contribution is -0.274. The second-order valence-electron chi connectivity index (χ2n) is 4.74. The minimum atomic E-state index is -4.77. The number of phenols is 1. The lowest BCUT2D eigenvalue weighted by atomic mass is 9.87. The van der Waals surface area contributed by atoms with Gasteiger partial charge in [0.05, 0.1) is 0 Å². The van der Waals surface area contributed by atoms with Crippen molar-refractivity contribution in [2.75, 3.05) is 13.2 Å². The van der Waals surface area contributed by atoms with Gasteiger partial charge in [0.2, 0.25) is 0 Å². The number of nitrogens with two attached hydrogens (primary N) is 1. The number of aromatic hydroxyl groups is 1. The Kier molecular flexibility index (Phi) is 4.39. The first-order chi connectivity index (χ1) is 9.37. The van der Waals surface area contributed by atoms with E-state index >= 15 is 0 Å². The number of hydrogen-bond acceptors (Lipinski definition) is 4. The SMILES string of the molecule is N[C@H](c1cc(OC(F)(F)F)ccc1O)C1CCOCC1. The van der Waals surface area contributed by atoms with Gasteiger partial charge in [0.1, 0.15) is 11.5 Å². The number of rotatable bonds is 3. The zero-order valence-electron chi connectivity index (χ0n) is 10.7. The van der Waals surface area contributed by atoms with Gasteiger partial charge in [0.25, 0.3) is 0 Å². The van der Waals surface area contributed by atoms with Crippen molar-refractivity contribution < 1.29 is 27.8 Å². The Morgan fingerprint density at radius 2 is 1.95 bits per heavy atom. The van der Waals surface area contributed by atoms with E-state index in [9.17, 15) is 18.3 Å². The van der Waals surface area contributed by atoms with Gasteiger partial charge < -0.3 is 20.3 Å². The molecule has 0 bridgehead atoms. The van der Waals surface area contributed by atoms with Gasteiger partial charge in [-0.15, -0.1) is 13.2 Å². The standard InChI is InChI=1S/C13H16F3NO3/c14-13(15,16)20-9-1-2-11(18)10(7-9)12(17)8-3-5-19-6-4-8/h1-2,7-8,12,18H,3-6,17H2/t12-/m0/s1. The molecular weight excluding hydrogens is 275 g/mol. The van der Waals surface area contributed by atoms with Crippen LogP contribution in [0.15, 0.2) is 18.2 Å². The molecule has 1 fully saturated rings. The van der Waals surface area contributed by atoms with Crippen molar-refractivity contribution in [2.24, 2.45) is 11.7 Å². The zero-order chi connectivity index (χ0) is 14.8. The molecule has 1 aromatic rings. The summed E-state index contributed by atoms with van der Waals surface area (Å²) in [5.74, 6) is -0.442. The zero-order valence-corrected chi connectivity index (χ0v) is 10.7. The highest BCUT2D eigenvalue weighted by molar-refractivity contribution is 5.41. The van der Waals surface area contributed by atoms with E-state index in [1.165, 1.54) is 0 Å². The molecule has 0 unspecified atom stereocenters. The molecule has 3 N–H and O–H groups in total. The molecule has 0 aromatic heterocycles. The van der Waals surface area contributed by atoms with E-state index in [-0.39, 0.29) is 23.0 Å². The van der Waals surface area contributed by atoms with E-state index in [4.69, 9.17) is 10.5 Å². The van der Waals surface area contributed by atoms with Crippen molar-refractivity contribution in [3.8, 4) is 11.5 Å². The summed E-state index contributed by atoms with van der Waals surface area (Å²) < 4.78 is 45.6. The largest absolute Gasteiger partial charge is 0.573 e. The van der Waals surface area contributed by atoms with Crippen LogP contribution in [0, 0.1) is 5.92 Å². The van der Waals surface area contributed by atoms with E-state index in [0.717, 1.165) is 18.2 Å². The number of hydrogen-bond donors (Lipinski definition) is 2. The Labute approximate surface area is 114 Å². The van der Waals surface area contributed by atoms with Crippen LogP contribution < -0.4 is 10.5 Å². The monoisotopic (exact) mass is 291 g/mol. The Bertz CT molecular complexity index is 459. The fourth-order valence-electron chi connectivity index (χ4n) is 2.33. The summed E-state index contributed by atoms with van der Waals surface area (Å²) in [7, 11) is 0. The van der Waals surface area contributed by atoms with Gasteiger partial charge >= 0.3 is 6.36 Å². The molecule has 112 valence electrons. The molecule has 20 heavy (non-hydrogen) atoms. The molecule has 0 amide bonds. The number of alkyl halides is 3. The second-order valence-corrected chi connectivity index (χ2v) is 4.74. The molecule has 0 saturated carbocycles. The number of ether oxygens (including phenoxy) is 2. The van der Waals surface area contributed by atoms with Crippen LogP contribution in [0.5, 0.6) is 11.5 Å². The van der Waals surface area contributed by atoms with Crippen molar-refractivity contribution >= 4 is 0 Å². The van der Waals surface area contributed by atoms with E-state index in [2.05, 4.69) is 4.74 Å². The van der Waals surface area contributed by atoms with E-state index < -0.39 is 12.4 Å². The molecule has 0 radical (unpaired) electrons. The summed E-state index contributed by atoms with van der Waals surface area (Å²) in [4.78, 5) is 0. The number of halogens is 3. The van der Waals surface area contributed by atoms with Gasteiger partial charge in [-0.2, -0.15) is 0 Å². The first kappa shape index (κ1) is 14.9. The van der Waals surface area contributed by atoms with Crippen LogP contribution in [0.25, 0.3) is 0 Å². The maximum atomic E-state index is 12.2. The normalized spacial score (nSPS) is 18.8. The average molecular weight is 291 g/mol. The highest BCUT2D eigenvalue weighted by Crippen LogP contribution is 2.36. The highest BCUT2D eigenvalue weighted by Gasteiger charge is 2.32. The third-order valence-corrected chi connectivity index (χ3v) is 3.37. The lowest BCUT2D eigenvalue weighted by Gasteiger charge is -2.28. The summed E-state index contributed by atoms with van der Waals surface area (Å²) in [6.45, 7) is 1.13. The van der Waals surface area contributed by atoms with E-state index in [1.807, 2.05) is 0 Å². The average Bonchev–Trinajstić information content (AvgIpc) is 2.40. The third-order valence-electron chi connectivity index (χ3n) is 3.37. The summed E-state index contributed by atoms with van der Waals surface area (Å²) in [6, 6.07) is 2.82. The maximum absolute atomic E-state index is 12.2. The Balaban J connectivity index is 2.18. The van der Waals surface area contributed by atoms with Crippen molar-refractivity contribution in [3.05, 3.63) is 23.8 Å². The fourth-order valence-corrected chi connectivity index (χ4v) is 2.33. The van der Waals surface area contributed by atoms with Crippen LogP contribution in [0.4, 0.5) is 13.2 Å². The summed E-state index contributed by atoms with van der Waals surface area (Å²) in [5, 5.41) is 9.79. The van der Waals surface area contributed by atoms with Crippen LogP contribution in [-0.4, -0.2) is 24.7 Å². The Morgan fingerprint density at radius 3 is 2.55 bits per heavy atom. The van der Waals surface area contributed by atoms with Gasteiger partial charge in [-0.05, 0) is 37.0 Å². The molecule has 1 heterocycles. The molecule has 4 nitrogen and oxygen atoms in total. The molecule has 1 aliphatic rings. The van der Waals surface area contributed by atoms with Gasteiger partial charge in [-0.25, -0.2) is 0 Å². The summed E-state index contributed by atoms with van der Waals surface area (Å²) >= 11 is 0. The molecule has 7 heteroatoms. The minimum absolute atomic E-state index is 0.0655. The first-order valence-corrected chi connectivity index (χ1v) is 6.29. The molecule has 1 aromatic carbocycles. The van der Waals surface area contributed by atoms with Gasteiger partial charge in [-0.1, -0.05) is 0 Å². The maximum Gasteiger partial charge on any atom is 0.573 e. The van der Waals surface area contributed by atoms with Crippen molar-refractivity contribution in [1.29, 1.82) is 0 Å². The van der Waals surface area contributed by atoms with Crippen molar-refractivity contribution in [3.63, 3.8) is 0 Å². The van der Waals surface area contributed by atoms with E-state index in [0.29, 0.717) is 26.1 Å². The van der Waals surface area contributed by atoms with Crippen LogP contribution in [0.2, 0.25) is 0 Å². The molecule has 1 saturated heterocycles. The van der Waals surface area contributed by atoms with Gasteiger partial charge in [0.15, 0.2) is 0 Å². The third kappa shape index (κ3) is 3.77. The van der Waals surface area contributed by atoms with Crippen LogP contribution >= 0.6 is 0 Å². The van der Waals surface area contributed by atoms with Crippen LogP contribution in [-0.2, 0) is 4.74 Å². The quantitative estimate of drug-likeness (QED) is 0.898. The first-order valence-electron chi connectivity index (χ1n) is 6.29. The van der Waals surface area contributed by atoms with Gasteiger partial charge in [-0.3, -0.25) is 0 Å². The predicted octanol–water partition coefficient (Wildman–Crippen LogP) is 2.72. The smallest absolute Gasteiger partial charge is 0.508 e. The van der Waals surface area contributed by atoms with E-state index in [1.54, 1.807) is 0 Å². The second kappa shape index (κ2) is 5.88. The Hall–Kier alpha value is -1.47. The number of phenolic OH excluding ortho intramolecular Hbond substituents is 1. The molecular formula is C13H16F3NO3. The Morgan fingerprint density at radius 1 is 1.30 bits per heavy atom. The molecule has 2 rings (SSSR count). The lowest BCUT2D eigenvalue weighted by Crippen LogP contribution is -2.27. The predicted molar refractivity (Wildman–Crippen MR) is 65.3 cm³/mol. The topological polar surface area (TPSA) is 64.7 Å².